The van der Waals surface area contributed by atoms with Gasteiger partial charge in [-0.1, -0.05) is 121 Å². The lowest BCUT2D eigenvalue weighted by Gasteiger charge is -2.27. The maximum atomic E-state index is 2.37. The minimum absolute atomic E-state index is 1.12. The van der Waals surface area contributed by atoms with Gasteiger partial charge in [0.1, 0.15) is 0 Å². The number of benzene rings is 7. The maximum Gasteiger partial charge on any atom is 0.0546 e. The first-order valence-corrected chi connectivity index (χ1v) is 15.9. The number of aromatic nitrogens is 1. The first-order valence-electron chi connectivity index (χ1n) is 15.9. The highest BCUT2D eigenvalue weighted by Gasteiger charge is 2.17. The van der Waals surface area contributed by atoms with Crippen LogP contribution in [-0.2, 0) is 0 Å². The standard InChI is InChI=1S/C44H34N2/c1-31-32(2)45(36-14-5-3-6-15-36)43-29-34(25-28-39(31)43)22-21-33-23-26-38(27-24-33)46(37-16-7-4-8-17-37)44-30-35-13-9-10-18-40(35)41-19-11-12-20-42(41)44/h3-30H,1-2H3. The number of nitrogens with zero attached hydrogens (tertiary/aromatic N) is 2. The monoisotopic (exact) mass is 590 g/mol. The van der Waals surface area contributed by atoms with Crippen molar-refractivity contribution >= 4 is 61.7 Å². The van der Waals surface area contributed by atoms with Gasteiger partial charge in [-0.05, 0) is 95.2 Å². The number of para-hydroxylation sites is 2. The second-order valence-corrected chi connectivity index (χ2v) is 11.9. The molecule has 0 unspecified atom stereocenters. The second kappa shape index (κ2) is 11.6. The molecule has 0 bridgehead atoms. The summed E-state index contributed by atoms with van der Waals surface area (Å²) < 4.78 is 2.37. The molecule has 2 nitrogen and oxygen atoms in total. The molecule has 0 amide bonds. The van der Waals surface area contributed by atoms with Crippen LogP contribution in [0.3, 0.4) is 0 Å². The van der Waals surface area contributed by atoms with Gasteiger partial charge in [-0.15, -0.1) is 0 Å². The lowest BCUT2D eigenvalue weighted by Crippen LogP contribution is -2.10. The fourth-order valence-electron chi connectivity index (χ4n) is 6.76. The van der Waals surface area contributed by atoms with Crippen LogP contribution in [0.15, 0.2) is 158 Å². The van der Waals surface area contributed by atoms with Gasteiger partial charge < -0.3 is 9.47 Å². The van der Waals surface area contributed by atoms with E-state index in [4.69, 9.17) is 0 Å². The Morgan fingerprint density at radius 3 is 1.83 bits per heavy atom. The van der Waals surface area contributed by atoms with Gasteiger partial charge in [0, 0.05) is 33.5 Å². The summed E-state index contributed by atoms with van der Waals surface area (Å²) >= 11 is 0. The first-order chi connectivity index (χ1) is 22.7. The molecule has 8 rings (SSSR count). The summed E-state index contributed by atoms with van der Waals surface area (Å²) in [6.45, 7) is 4.42. The van der Waals surface area contributed by atoms with Gasteiger partial charge >= 0.3 is 0 Å². The zero-order valence-electron chi connectivity index (χ0n) is 26.1. The summed E-state index contributed by atoms with van der Waals surface area (Å²) in [5.74, 6) is 0. The number of anilines is 3. The normalized spacial score (nSPS) is 11.6. The zero-order chi connectivity index (χ0) is 31.0. The van der Waals surface area contributed by atoms with Crippen molar-refractivity contribution < 1.29 is 0 Å². The van der Waals surface area contributed by atoms with Gasteiger partial charge in [-0.3, -0.25) is 0 Å². The van der Waals surface area contributed by atoms with Crippen molar-refractivity contribution in [2.45, 2.75) is 13.8 Å². The SMILES string of the molecule is Cc1c(C)n(-c2ccccc2)c2cc(C=Cc3ccc(N(c4ccccc4)c4cc5ccccc5c5ccccc45)cc3)ccc12. The molecule has 8 aromatic rings. The highest BCUT2D eigenvalue weighted by Crippen LogP contribution is 2.42. The minimum Gasteiger partial charge on any atom is -0.314 e. The third-order valence-electron chi connectivity index (χ3n) is 9.18. The van der Waals surface area contributed by atoms with Crippen molar-refractivity contribution in [3.63, 3.8) is 0 Å². The Hall–Kier alpha value is -5.86. The highest BCUT2D eigenvalue weighted by atomic mass is 15.1. The molecule has 0 radical (unpaired) electrons. The van der Waals surface area contributed by atoms with E-state index in [9.17, 15) is 0 Å². The van der Waals surface area contributed by atoms with E-state index in [2.05, 4.69) is 193 Å². The molecular weight excluding hydrogens is 556 g/mol. The van der Waals surface area contributed by atoms with E-state index < -0.39 is 0 Å². The summed E-state index contributed by atoms with van der Waals surface area (Å²) in [7, 11) is 0. The van der Waals surface area contributed by atoms with Crippen LogP contribution in [0.1, 0.15) is 22.4 Å². The largest absolute Gasteiger partial charge is 0.314 e. The van der Waals surface area contributed by atoms with E-state index in [0.717, 1.165) is 16.9 Å². The zero-order valence-corrected chi connectivity index (χ0v) is 26.1. The van der Waals surface area contributed by atoms with Crippen LogP contribution in [0.2, 0.25) is 0 Å². The molecule has 0 saturated carbocycles. The number of hydrogen-bond acceptors (Lipinski definition) is 1. The minimum atomic E-state index is 1.12. The Balaban J connectivity index is 1.17. The van der Waals surface area contributed by atoms with Crippen molar-refractivity contribution in [3.8, 4) is 5.69 Å². The predicted molar refractivity (Wildman–Crippen MR) is 198 cm³/mol. The van der Waals surface area contributed by atoms with Crippen molar-refractivity contribution in [1.29, 1.82) is 0 Å². The quantitative estimate of drug-likeness (QED) is 0.138. The third-order valence-corrected chi connectivity index (χ3v) is 9.18. The van der Waals surface area contributed by atoms with E-state index in [-0.39, 0.29) is 0 Å². The van der Waals surface area contributed by atoms with Crippen LogP contribution in [0.25, 0.3) is 50.3 Å². The Labute approximate surface area is 270 Å². The van der Waals surface area contributed by atoms with E-state index >= 15 is 0 Å². The molecule has 7 aromatic carbocycles. The molecule has 0 atom stereocenters. The topological polar surface area (TPSA) is 8.17 Å². The molecule has 220 valence electrons. The smallest absolute Gasteiger partial charge is 0.0546 e. The van der Waals surface area contributed by atoms with Crippen molar-refractivity contribution in [1.82, 2.24) is 4.57 Å². The van der Waals surface area contributed by atoms with Crippen molar-refractivity contribution in [2.75, 3.05) is 4.90 Å². The van der Waals surface area contributed by atoms with E-state index in [1.54, 1.807) is 0 Å². The van der Waals surface area contributed by atoms with Crippen LogP contribution in [0.4, 0.5) is 17.1 Å². The van der Waals surface area contributed by atoms with Gasteiger partial charge in [-0.2, -0.15) is 0 Å². The fourth-order valence-corrected chi connectivity index (χ4v) is 6.76. The number of aryl methyl sites for hydroxylation is 1. The first kappa shape index (κ1) is 27.7. The van der Waals surface area contributed by atoms with Crippen LogP contribution in [0, 0.1) is 13.8 Å². The average molecular weight is 591 g/mol. The van der Waals surface area contributed by atoms with Gasteiger partial charge in [0.25, 0.3) is 0 Å². The number of hydrogen-bond donors (Lipinski definition) is 0. The third kappa shape index (κ3) is 4.85. The number of fused-ring (bicyclic) bond motifs is 4. The molecule has 0 saturated heterocycles. The van der Waals surface area contributed by atoms with Crippen LogP contribution in [-0.4, -0.2) is 4.57 Å². The van der Waals surface area contributed by atoms with Gasteiger partial charge in [0.05, 0.1) is 11.2 Å². The molecular formula is C44H34N2. The lowest BCUT2D eigenvalue weighted by atomic mass is 9.99. The van der Waals surface area contributed by atoms with Gasteiger partial charge in [-0.25, -0.2) is 0 Å². The van der Waals surface area contributed by atoms with E-state index in [1.165, 1.54) is 60.6 Å². The van der Waals surface area contributed by atoms with Gasteiger partial charge in [0.15, 0.2) is 0 Å². The number of rotatable bonds is 6. The molecule has 0 aliphatic carbocycles. The summed E-state index contributed by atoms with van der Waals surface area (Å²) in [5.41, 5.74) is 10.8. The Morgan fingerprint density at radius 1 is 0.478 bits per heavy atom. The molecule has 0 fully saturated rings. The molecule has 0 aliphatic heterocycles. The maximum absolute atomic E-state index is 2.37. The fraction of sp³-hybridized carbons (Fsp3) is 0.0455. The summed E-state index contributed by atoms with van der Waals surface area (Å²) in [6, 6.07) is 56.7. The molecule has 0 aliphatic rings. The van der Waals surface area contributed by atoms with E-state index in [0.29, 0.717) is 0 Å². The average Bonchev–Trinajstić information content (AvgIpc) is 3.37. The van der Waals surface area contributed by atoms with Crippen molar-refractivity contribution in [3.05, 3.63) is 180 Å². The molecule has 1 aromatic heterocycles. The molecule has 1 heterocycles. The molecule has 0 N–H and O–H groups in total. The summed E-state index contributed by atoms with van der Waals surface area (Å²) in [6.07, 6.45) is 4.42. The molecule has 46 heavy (non-hydrogen) atoms. The Kier molecular flexibility index (Phi) is 6.96. The Bertz CT molecular complexity index is 2360. The molecule has 0 spiro atoms. The van der Waals surface area contributed by atoms with Crippen molar-refractivity contribution in [2.24, 2.45) is 0 Å². The predicted octanol–water partition coefficient (Wildman–Crippen LogP) is 12.2. The van der Waals surface area contributed by atoms with Crippen LogP contribution in [0.5, 0.6) is 0 Å². The van der Waals surface area contributed by atoms with Crippen LogP contribution >= 0.6 is 0 Å². The lowest BCUT2D eigenvalue weighted by molar-refractivity contribution is 1.04. The summed E-state index contributed by atoms with van der Waals surface area (Å²) in [5, 5.41) is 6.30. The van der Waals surface area contributed by atoms with Gasteiger partial charge in [0.2, 0.25) is 0 Å². The Morgan fingerprint density at radius 2 is 1.07 bits per heavy atom. The molecule has 2 heteroatoms. The summed E-state index contributed by atoms with van der Waals surface area (Å²) in [4.78, 5) is 2.37. The second-order valence-electron chi connectivity index (χ2n) is 11.9. The highest BCUT2D eigenvalue weighted by molar-refractivity contribution is 6.14. The van der Waals surface area contributed by atoms with E-state index in [1.807, 2.05) is 0 Å². The van der Waals surface area contributed by atoms with Crippen LogP contribution < -0.4 is 4.90 Å².